The summed E-state index contributed by atoms with van der Waals surface area (Å²) in [6.45, 7) is 0. The quantitative estimate of drug-likeness (QED) is 0.771. The second-order valence-corrected chi connectivity index (χ2v) is 4.64. The van der Waals surface area contributed by atoms with Crippen LogP contribution in [0.3, 0.4) is 0 Å². The molecule has 0 aliphatic carbocycles. The molecular weight excluding hydrogens is 231 g/mol. The Balaban J connectivity index is 2.31. The van der Waals surface area contributed by atoms with Crippen molar-refractivity contribution in [2.24, 2.45) is 0 Å². The fraction of sp³-hybridized carbons (Fsp3) is 0.143. The maximum absolute atomic E-state index is 5.34. The van der Waals surface area contributed by atoms with Gasteiger partial charge in [-0.1, -0.05) is 36.4 Å². The highest BCUT2D eigenvalue weighted by molar-refractivity contribution is 7.56. The number of hydrogen-bond acceptors (Lipinski definition) is 2. The van der Waals surface area contributed by atoms with Crippen molar-refractivity contribution in [1.29, 1.82) is 0 Å². The molecule has 1 radical (unpaired) electrons. The van der Waals surface area contributed by atoms with Crippen LogP contribution < -0.4 is 20.1 Å². The van der Waals surface area contributed by atoms with Gasteiger partial charge in [-0.25, -0.2) is 0 Å². The zero-order valence-corrected chi connectivity index (χ0v) is 10.8. The van der Waals surface area contributed by atoms with Crippen molar-refractivity contribution < 1.29 is 9.47 Å². The minimum absolute atomic E-state index is 0.903. The Morgan fingerprint density at radius 1 is 0.706 bits per heavy atom. The molecule has 17 heavy (non-hydrogen) atoms. The maximum Gasteiger partial charge on any atom is 0.127 e. The molecule has 87 valence electrons. The fourth-order valence-corrected chi connectivity index (χ4v) is 2.71. The van der Waals surface area contributed by atoms with Crippen LogP contribution in [-0.4, -0.2) is 14.2 Å². The standard InChI is InChI=1S/C14H14O2P/c1-15-11-7-3-5-9-13(11)17-14-10-6-4-8-12(14)16-2/h3-10H,1-2H3. The van der Waals surface area contributed by atoms with Gasteiger partial charge in [-0.2, -0.15) is 0 Å². The van der Waals surface area contributed by atoms with Crippen LogP contribution >= 0.6 is 8.58 Å². The molecule has 3 heteroatoms. The second-order valence-electron chi connectivity index (χ2n) is 3.46. The van der Waals surface area contributed by atoms with Gasteiger partial charge in [0, 0.05) is 10.6 Å². The third-order valence-corrected chi connectivity index (χ3v) is 3.63. The molecule has 0 N–H and O–H groups in total. The Hall–Kier alpha value is -1.53. The van der Waals surface area contributed by atoms with Crippen LogP contribution in [-0.2, 0) is 0 Å². The van der Waals surface area contributed by atoms with Gasteiger partial charge in [0.25, 0.3) is 0 Å². The first kappa shape index (κ1) is 11.9. The Bertz CT molecular complexity index is 452. The molecule has 0 heterocycles. The molecule has 0 aliphatic rings. The molecule has 0 saturated carbocycles. The lowest BCUT2D eigenvalue weighted by molar-refractivity contribution is 0.417. The van der Waals surface area contributed by atoms with Gasteiger partial charge in [0.15, 0.2) is 0 Å². The fourth-order valence-electron chi connectivity index (χ4n) is 1.57. The number of ether oxygens (including phenoxy) is 2. The Kier molecular flexibility index (Phi) is 4.00. The topological polar surface area (TPSA) is 18.5 Å². The average molecular weight is 245 g/mol. The lowest BCUT2D eigenvalue weighted by Crippen LogP contribution is -2.08. The van der Waals surface area contributed by atoms with Crippen LogP contribution in [0.4, 0.5) is 0 Å². The summed E-state index contributed by atoms with van der Waals surface area (Å²) in [5.74, 6) is 1.81. The number of methoxy groups -OCH3 is 2. The van der Waals surface area contributed by atoms with Crippen LogP contribution in [0.5, 0.6) is 11.5 Å². The van der Waals surface area contributed by atoms with E-state index in [2.05, 4.69) is 12.1 Å². The number of rotatable bonds is 4. The summed E-state index contributed by atoms with van der Waals surface area (Å²) in [7, 11) is 4.47. The molecule has 0 spiro atoms. The van der Waals surface area contributed by atoms with Gasteiger partial charge in [-0.15, -0.1) is 0 Å². The predicted octanol–water partition coefficient (Wildman–Crippen LogP) is 2.60. The Morgan fingerprint density at radius 3 is 1.53 bits per heavy atom. The molecule has 2 aromatic rings. The SMILES string of the molecule is COc1ccccc1[P]c1ccccc1OC. The van der Waals surface area contributed by atoms with Crippen LogP contribution in [0.2, 0.25) is 0 Å². The monoisotopic (exact) mass is 245 g/mol. The Labute approximate surface area is 103 Å². The van der Waals surface area contributed by atoms with E-state index in [1.54, 1.807) is 14.2 Å². The summed E-state index contributed by atoms with van der Waals surface area (Å²) in [4.78, 5) is 0. The van der Waals surface area contributed by atoms with E-state index in [0.717, 1.165) is 30.7 Å². The molecule has 0 amide bonds. The average Bonchev–Trinajstić information content (AvgIpc) is 2.40. The summed E-state index contributed by atoms with van der Waals surface area (Å²) in [6.07, 6.45) is 0. The first-order chi connectivity index (χ1) is 8.35. The summed E-state index contributed by atoms with van der Waals surface area (Å²) in [6, 6.07) is 16.0. The molecule has 0 fully saturated rings. The highest BCUT2D eigenvalue weighted by Crippen LogP contribution is 2.23. The van der Waals surface area contributed by atoms with Crippen molar-refractivity contribution >= 4 is 19.2 Å². The zero-order chi connectivity index (χ0) is 12.1. The zero-order valence-electron chi connectivity index (χ0n) is 9.88. The van der Waals surface area contributed by atoms with Crippen LogP contribution in [0.25, 0.3) is 0 Å². The van der Waals surface area contributed by atoms with E-state index in [1.165, 1.54) is 0 Å². The van der Waals surface area contributed by atoms with Gasteiger partial charge in [-0.3, -0.25) is 0 Å². The molecule has 0 aliphatic heterocycles. The molecule has 0 unspecified atom stereocenters. The third kappa shape index (κ3) is 2.78. The lowest BCUT2D eigenvalue weighted by atomic mass is 10.3. The molecule has 2 rings (SSSR count). The van der Waals surface area contributed by atoms with Crippen molar-refractivity contribution in [2.75, 3.05) is 14.2 Å². The van der Waals surface area contributed by atoms with Gasteiger partial charge in [0.05, 0.1) is 14.2 Å². The number of hydrogen-bond donors (Lipinski definition) is 0. The van der Waals surface area contributed by atoms with E-state index in [9.17, 15) is 0 Å². The lowest BCUT2D eigenvalue weighted by Gasteiger charge is -2.10. The van der Waals surface area contributed by atoms with Crippen molar-refractivity contribution in [1.82, 2.24) is 0 Å². The highest BCUT2D eigenvalue weighted by Gasteiger charge is 2.07. The summed E-state index contributed by atoms with van der Waals surface area (Å²) < 4.78 is 10.7. The maximum atomic E-state index is 5.34. The molecule has 0 atom stereocenters. The smallest absolute Gasteiger partial charge is 0.127 e. The summed E-state index contributed by atoms with van der Waals surface area (Å²) in [5, 5.41) is 2.28. The molecule has 0 saturated heterocycles. The Morgan fingerprint density at radius 2 is 1.12 bits per heavy atom. The largest absolute Gasteiger partial charge is 0.496 e. The molecule has 2 aromatic carbocycles. The van der Waals surface area contributed by atoms with Crippen molar-refractivity contribution in [3.8, 4) is 11.5 Å². The molecule has 0 aromatic heterocycles. The van der Waals surface area contributed by atoms with Gasteiger partial charge in [0.1, 0.15) is 11.5 Å². The van der Waals surface area contributed by atoms with E-state index in [-0.39, 0.29) is 0 Å². The van der Waals surface area contributed by atoms with Gasteiger partial charge in [-0.05, 0) is 20.7 Å². The molecular formula is C14H14O2P. The number of benzene rings is 2. The molecule has 2 nitrogen and oxygen atoms in total. The highest BCUT2D eigenvalue weighted by atomic mass is 31.1. The summed E-state index contributed by atoms with van der Waals surface area (Å²) in [5.41, 5.74) is 0. The van der Waals surface area contributed by atoms with Crippen molar-refractivity contribution in [3.05, 3.63) is 48.5 Å². The van der Waals surface area contributed by atoms with E-state index in [4.69, 9.17) is 9.47 Å². The predicted molar refractivity (Wildman–Crippen MR) is 72.2 cm³/mol. The van der Waals surface area contributed by atoms with E-state index in [1.807, 2.05) is 36.4 Å². The van der Waals surface area contributed by atoms with Crippen LogP contribution in [0.15, 0.2) is 48.5 Å². The first-order valence-electron chi connectivity index (χ1n) is 5.33. The van der Waals surface area contributed by atoms with Crippen molar-refractivity contribution in [2.45, 2.75) is 0 Å². The van der Waals surface area contributed by atoms with Gasteiger partial charge < -0.3 is 9.47 Å². The minimum atomic E-state index is 0.903. The first-order valence-corrected chi connectivity index (χ1v) is 6.22. The van der Waals surface area contributed by atoms with Gasteiger partial charge >= 0.3 is 0 Å². The number of para-hydroxylation sites is 2. The van der Waals surface area contributed by atoms with Crippen molar-refractivity contribution in [3.63, 3.8) is 0 Å². The normalized spacial score (nSPS) is 10.0. The molecule has 0 bridgehead atoms. The van der Waals surface area contributed by atoms with E-state index >= 15 is 0 Å². The van der Waals surface area contributed by atoms with Crippen LogP contribution in [0.1, 0.15) is 0 Å². The third-order valence-electron chi connectivity index (χ3n) is 2.41. The van der Waals surface area contributed by atoms with Gasteiger partial charge in [0.2, 0.25) is 0 Å². The second kappa shape index (κ2) is 5.70. The minimum Gasteiger partial charge on any atom is -0.496 e. The van der Waals surface area contributed by atoms with E-state index in [0.29, 0.717) is 0 Å². The summed E-state index contributed by atoms with van der Waals surface area (Å²) >= 11 is 0. The van der Waals surface area contributed by atoms with E-state index < -0.39 is 0 Å². The van der Waals surface area contributed by atoms with Crippen LogP contribution in [0, 0.1) is 0 Å².